The maximum Gasteiger partial charge on any atom is 0.322 e. The second-order valence-corrected chi connectivity index (χ2v) is 7.61. The fraction of sp³-hybridized carbons (Fsp3) is 0.579. The van der Waals surface area contributed by atoms with E-state index >= 15 is 0 Å². The van der Waals surface area contributed by atoms with Crippen molar-refractivity contribution in [2.75, 3.05) is 13.7 Å². The number of rotatable bonds is 5. The van der Waals surface area contributed by atoms with Crippen LogP contribution in [0.3, 0.4) is 0 Å². The Bertz CT molecular complexity index is 580. The van der Waals surface area contributed by atoms with Crippen LogP contribution in [-0.4, -0.2) is 42.3 Å². The Morgan fingerprint density at radius 2 is 1.92 bits per heavy atom. The van der Waals surface area contributed by atoms with Crippen LogP contribution in [-0.2, 0) is 14.3 Å². The van der Waals surface area contributed by atoms with Gasteiger partial charge in [0.15, 0.2) is 0 Å². The SMILES string of the molecule is COC(C)(C)C.Cc1cc(Cl)ccc1OC1(C)CC1.O=CNCC(=O)O. The highest BCUT2D eigenvalue weighted by Gasteiger charge is 2.40. The summed E-state index contributed by atoms with van der Waals surface area (Å²) < 4.78 is 10.8. The minimum Gasteiger partial charge on any atom is -0.487 e. The van der Waals surface area contributed by atoms with Crippen LogP contribution in [0.1, 0.15) is 46.1 Å². The monoisotopic (exact) mass is 387 g/mol. The van der Waals surface area contributed by atoms with E-state index < -0.39 is 5.97 Å². The number of carboxylic acid groups (broad SMARTS) is 1. The molecule has 2 N–H and O–H groups in total. The van der Waals surface area contributed by atoms with Crippen molar-refractivity contribution in [2.45, 2.75) is 58.7 Å². The number of carbonyl (C=O) groups excluding carboxylic acids is 1. The number of carbonyl (C=O) groups is 2. The summed E-state index contributed by atoms with van der Waals surface area (Å²) in [4.78, 5) is 18.9. The van der Waals surface area contributed by atoms with E-state index in [4.69, 9.17) is 26.2 Å². The van der Waals surface area contributed by atoms with Gasteiger partial charge in [-0.1, -0.05) is 11.6 Å². The lowest BCUT2D eigenvalue weighted by molar-refractivity contribution is -0.136. The predicted octanol–water partition coefficient (Wildman–Crippen LogP) is 3.83. The molecule has 7 heteroatoms. The fourth-order valence-corrected chi connectivity index (χ4v) is 1.63. The van der Waals surface area contributed by atoms with Gasteiger partial charge >= 0.3 is 5.97 Å². The topological polar surface area (TPSA) is 84.9 Å². The van der Waals surface area contributed by atoms with Crippen LogP contribution in [0.5, 0.6) is 5.75 Å². The molecule has 1 aromatic rings. The molecule has 148 valence electrons. The lowest BCUT2D eigenvalue weighted by atomic mass is 10.2. The van der Waals surface area contributed by atoms with Crippen molar-refractivity contribution in [2.24, 2.45) is 0 Å². The van der Waals surface area contributed by atoms with Gasteiger partial charge in [0.25, 0.3) is 0 Å². The summed E-state index contributed by atoms with van der Waals surface area (Å²) in [6.07, 6.45) is 2.66. The number of halogens is 1. The van der Waals surface area contributed by atoms with E-state index in [0.717, 1.165) is 29.2 Å². The van der Waals surface area contributed by atoms with Crippen molar-refractivity contribution < 1.29 is 24.2 Å². The summed E-state index contributed by atoms with van der Waals surface area (Å²) in [7, 11) is 1.71. The molecule has 0 saturated heterocycles. The number of aliphatic carboxylic acids is 1. The van der Waals surface area contributed by atoms with E-state index in [1.54, 1.807) is 7.11 Å². The third-order valence-corrected chi connectivity index (χ3v) is 3.63. The third kappa shape index (κ3) is 12.6. The molecule has 1 saturated carbocycles. The van der Waals surface area contributed by atoms with Crippen LogP contribution in [0.25, 0.3) is 0 Å². The first kappa shape index (κ1) is 24.2. The van der Waals surface area contributed by atoms with E-state index in [1.807, 2.05) is 51.2 Å². The Hall–Kier alpha value is -1.79. The smallest absolute Gasteiger partial charge is 0.322 e. The Kier molecular flexibility index (Phi) is 10.3. The molecule has 6 nitrogen and oxygen atoms in total. The highest BCUT2D eigenvalue weighted by molar-refractivity contribution is 6.30. The van der Waals surface area contributed by atoms with E-state index in [9.17, 15) is 9.59 Å². The molecule has 1 aliphatic carbocycles. The van der Waals surface area contributed by atoms with Crippen molar-refractivity contribution in [3.05, 3.63) is 28.8 Å². The van der Waals surface area contributed by atoms with Crippen molar-refractivity contribution >= 4 is 24.0 Å². The van der Waals surface area contributed by atoms with Crippen molar-refractivity contribution in [3.8, 4) is 5.75 Å². The number of hydrogen-bond acceptors (Lipinski definition) is 4. The minimum absolute atomic E-state index is 0.0417. The molecule has 1 amide bonds. The van der Waals surface area contributed by atoms with Gasteiger partial charge in [0.1, 0.15) is 17.9 Å². The average molecular weight is 388 g/mol. The van der Waals surface area contributed by atoms with Gasteiger partial charge in [0.05, 0.1) is 5.60 Å². The quantitative estimate of drug-likeness (QED) is 0.750. The van der Waals surface area contributed by atoms with Gasteiger partial charge in [0, 0.05) is 12.1 Å². The van der Waals surface area contributed by atoms with Crippen LogP contribution in [0.15, 0.2) is 18.2 Å². The van der Waals surface area contributed by atoms with E-state index in [2.05, 4.69) is 6.92 Å². The molecule has 0 aliphatic heterocycles. The highest BCUT2D eigenvalue weighted by atomic mass is 35.5. The molecule has 1 fully saturated rings. The van der Waals surface area contributed by atoms with Crippen LogP contribution in [0, 0.1) is 6.92 Å². The summed E-state index contributed by atoms with van der Waals surface area (Å²) in [5, 5.41) is 10.6. The standard InChI is InChI=1S/C11H13ClO.C5H12O.C3H5NO3/c1-8-7-9(12)3-4-10(8)13-11(2)5-6-11;1-5(2,3)6-4;5-2-4-1-3(6)7/h3-4,7H,5-6H2,1-2H3;1-4H3;2H,1H2,(H,4,5)(H,6,7). The summed E-state index contributed by atoms with van der Waals surface area (Å²) in [6, 6.07) is 5.75. The van der Waals surface area contributed by atoms with Gasteiger partial charge in [-0.25, -0.2) is 0 Å². The summed E-state index contributed by atoms with van der Waals surface area (Å²) >= 11 is 5.85. The third-order valence-electron chi connectivity index (χ3n) is 3.40. The van der Waals surface area contributed by atoms with Crippen LogP contribution in [0.4, 0.5) is 0 Å². The first-order valence-electron chi connectivity index (χ1n) is 8.31. The van der Waals surface area contributed by atoms with Crippen molar-refractivity contribution in [1.29, 1.82) is 0 Å². The molecule has 0 spiro atoms. The Labute approximate surface area is 160 Å². The molecule has 0 heterocycles. The van der Waals surface area contributed by atoms with Gasteiger partial charge in [-0.15, -0.1) is 0 Å². The number of nitrogens with one attached hydrogen (secondary N) is 1. The summed E-state index contributed by atoms with van der Waals surface area (Å²) in [5.41, 5.74) is 1.25. The van der Waals surface area contributed by atoms with Gasteiger partial charge in [-0.3, -0.25) is 9.59 Å². The van der Waals surface area contributed by atoms with E-state index in [-0.39, 0.29) is 17.7 Å². The van der Waals surface area contributed by atoms with Gasteiger partial charge in [-0.05, 0) is 71.2 Å². The first-order chi connectivity index (χ1) is 11.9. The second kappa shape index (κ2) is 11.0. The molecule has 0 bridgehead atoms. The lowest BCUT2D eigenvalue weighted by Gasteiger charge is -2.14. The van der Waals surface area contributed by atoms with Crippen molar-refractivity contribution in [3.63, 3.8) is 0 Å². The number of amides is 1. The molecule has 0 unspecified atom stereocenters. The molecular weight excluding hydrogens is 358 g/mol. The Balaban J connectivity index is 0.000000411. The maximum atomic E-state index is 9.54. The number of carboxylic acids is 1. The number of hydrogen-bond donors (Lipinski definition) is 2. The van der Waals surface area contributed by atoms with E-state index in [1.165, 1.54) is 0 Å². The normalized spacial score (nSPS) is 14.0. The van der Waals surface area contributed by atoms with Crippen LogP contribution in [0.2, 0.25) is 5.02 Å². The fourth-order valence-electron chi connectivity index (χ4n) is 1.40. The zero-order valence-corrected chi connectivity index (χ0v) is 17.1. The molecule has 26 heavy (non-hydrogen) atoms. The van der Waals surface area contributed by atoms with Gasteiger partial charge in [-0.2, -0.15) is 0 Å². The Morgan fingerprint density at radius 1 is 1.38 bits per heavy atom. The maximum absolute atomic E-state index is 9.54. The molecule has 0 aromatic heterocycles. The number of methoxy groups -OCH3 is 1. The zero-order valence-electron chi connectivity index (χ0n) is 16.4. The van der Waals surface area contributed by atoms with Crippen LogP contribution >= 0.6 is 11.6 Å². The molecule has 1 aliphatic rings. The van der Waals surface area contributed by atoms with Crippen molar-refractivity contribution in [1.82, 2.24) is 5.32 Å². The molecular formula is C19H30ClNO5. The van der Waals surface area contributed by atoms with Gasteiger partial charge in [0.2, 0.25) is 6.41 Å². The molecule has 0 atom stereocenters. The lowest BCUT2D eigenvalue weighted by Crippen LogP contribution is -2.20. The average Bonchev–Trinajstić information content (AvgIpc) is 3.26. The Morgan fingerprint density at radius 3 is 2.23 bits per heavy atom. The molecule has 2 rings (SSSR count). The first-order valence-corrected chi connectivity index (χ1v) is 8.69. The molecule has 1 aromatic carbocycles. The number of benzene rings is 1. The largest absolute Gasteiger partial charge is 0.487 e. The number of aryl methyl sites for hydroxylation is 1. The number of ether oxygens (including phenoxy) is 2. The highest BCUT2D eigenvalue weighted by Crippen LogP contribution is 2.40. The zero-order chi connectivity index (χ0) is 20.4. The molecule has 0 radical (unpaired) electrons. The predicted molar refractivity (Wildman–Crippen MR) is 103 cm³/mol. The second-order valence-electron chi connectivity index (χ2n) is 7.17. The summed E-state index contributed by atoms with van der Waals surface area (Å²) in [5.74, 6) is -0.0727. The minimum atomic E-state index is -1.04. The van der Waals surface area contributed by atoms with Gasteiger partial charge < -0.3 is 19.9 Å². The van der Waals surface area contributed by atoms with Crippen LogP contribution < -0.4 is 10.1 Å². The van der Waals surface area contributed by atoms with E-state index in [0.29, 0.717) is 6.41 Å². The summed E-state index contributed by atoms with van der Waals surface area (Å²) in [6.45, 7) is 9.92.